The Kier molecular flexibility index (Phi) is 7.60. The number of ketones is 1. The van der Waals surface area contributed by atoms with E-state index in [0.29, 0.717) is 29.9 Å². The van der Waals surface area contributed by atoms with Crippen LogP contribution in [0.4, 0.5) is 0 Å². The van der Waals surface area contributed by atoms with Crippen LogP contribution in [0.15, 0.2) is 41.5 Å². The molecule has 0 saturated carbocycles. The van der Waals surface area contributed by atoms with Crippen molar-refractivity contribution in [2.24, 2.45) is 0 Å². The highest BCUT2D eigenvalue weighted by atomic mass is 16.7. The van der Waals surface area contributed by atoms with Crippen LogP contribution in [0.3, 0.4) is 0 Å². The molecule has 2 aliphatic heterocycles. The van der Waals surface area contributed by atoms with Gasteiger partial charge < -0.3 is 14.2 Å². The molecular weight excluding hydrogens is 390 g/mol. The second-order valence-corrected chi connectivity index (χ2v) is 8.77. The van der Waals surface area contributed by atoms with Crippen molar-refractivity contribution in [3.8, 4) is 17.2 Å². The van der Waals surface area contributed by atoms with Gasteiger partial charge in [0, 0.05) is 24.6 Å². The molecule has 0 spiro atoms. The molecule has 0 saturated heterocycles. The summed E-state index contributed by atoms with van der Waals surface area (Å²) in [5.74, 6) is 2.15. The van der Waals surface area contributed by atoms with E-state index in [1.807, 2.05) is 6.07 Å². The average molecular weight is 426 g/mol. The maximum atomic E-state index is 13.1. The van der Waals surface area contributed by atoms with E-state index in [4.69, 9.17) is 14.2 Å². The summed E-state index contributed by atoms with van der Waals surface area (Å²) in [4.78, 5) is 15.3. The number of hydrogen-bond acceptors (Lipinski definition) is 5. The van der Waals surface area contributed by atoms with E-state index in [9.17, 15) is 4.79 Å². The number of carbonyl (C=O) groups excluding carboxylic acids is 1. The van der Waals surface area contributed by atoms with Gasteiger partial charge in [0.1, 0.15) is 0 Å². The second-order valence-electron chi connectivity index (χ2n) is 8.77. The van der Waals surface area contributed by atoms with E-state index >= 15 is 0 Å². The summed E-state index contributed by atoms with van der Waals surface area (Å²) in [6.45, 7) is 11.5. The molecule has 0 fully saturated rings. The number of Topliss-reactive ketones (excluding diaryl/α,β-unsaturated/α-hetero) is 1. The molecule has 0 bridgehead atoms. The molecular formula is C26H35NO4. The molecule has 31 heavy (non-hydrogen) atoms. The Bertz CT molecular complexity index is 908. The van der Waals surface area contributed by atoms with Gasteiger partial charge in [0.25, 0.3) is 0 Å². The van der Waals surface area contributed by atoms with Gasteiger partial charge in [0.15, 0.2) is 17.3 Å². The first-order chi connectivity index (χ1) is 14.8. The molecule has 5 nitrogen and oxygen atoms in total. The van der Waals surface area contributed by atoms with Gasteiger partial charge in [0.2, 0.25) is 12.5 Å². The van der Waals surface area contributed by atoms with E-state index in [1.54, 1.807) is 7.11 Å². The van der Waals surface area contributed by atoms with Crippen LogP contribution in [0.1, 0.15) is 63.6 Å². The number of likely N-dealkylation sites (N-methyl/N-ethyl adjacent to an activating group) is 1. The topological polar surface area (TPSA) is 48.0 Å². The van der Waals surface area contributed by atoms with Crippen molar-refractivity contribution in [2.75, 3.05) is 27.5 Å². The number of carbonyl (C=O) groups is 1. The normalized spacial score (nSPS) is 17.8. The Hall–Kier alpha value is -2.53. The van der Waals surface area contributed by atoms with Gasteiger partial charge in [-0.3, -0.25) is 9.69 Å². The third-order valence-corrected chi connectivity index (χ3v) is 6.11. The summed E-state index contributed by atoms with van der Waals surface area (Å²) < 4.78 is 17.0. The number of allylic oxidation sites excluding steroid dienone is 5. The van der Waals surface area contributed by atoms with Crippen LogP contribution in [0, 0.1) is 0 Å². The molecule has 2 heterocycles. The van der Waals surface area contributed by atoms with E-state index in [-0.39, 0.29) is 18.6 Å². The number of rotatable bonds is 9. The molecule has 0 radical (unpaired) electrons. The first-order valence-corrected chi connectivity index (χ1v) is 11.0. The molecule has 168 valence electrons. The number of ether oxygens (including phenoxy) is 3. The molecule has 1 atom stereocenters. The minimum absolute atomic E-state index is 0.0693. The van der Waals surface area contributed by atoms with Crippen LogP contribution in [0.5, 0.6) is 17.2 Å². The Morgan fingerprint density at radius 2 is 2.06 bits per heavy atom. The van der Waals surface area contributed by atoms with E-state index in [2.05, 4.69) is 51.4 Å². The minimum atomic E-state index is -0.0693. The van der Waals surface area contributed by atoms with Crippen molar-refractivity contribution in [2.45, 2.75) is 58.9 Å². The van der Waals surface area contributed by atoms with Gasteiger partial charge in [0.05, 0.1) is 7.11 Å². The largest absolute Gasteiger partial charge is 0.492 e. The number of methoxy groups -OCH3 is 1. The lowest BCUT2D eigenvalue weighted by Crippen LogP contribution is -2.34. The fourth-order valence-electron chi connectivity index (χ4n) is 4.20. The molecule has 1 aromatic rings. The SMILES string of the molecule is C=C(C/C=C(\C)CCC=C(C)C)C(=O)C[C@@H]1c2c(cc3c(c2OC)OCO3)CCN1C. The van der Waals surface area contributed by atoms with Crippen molar-refractivity contribution in [3.05, 3.63) is 52.6 Å². The monoisotopic (exact) mass is 425 g/mol. The summed E-state index contributed by atoms with van der Waals surface area (Å²) >= 11 is 0. The smallest absolute Gasteiger partial charge is 0.231 e. The van der Waals surface area contributed by atoms with Crippen LogP contribution < -0.4 is 14.2 Å². The first kappa shape index (κ1) is 23.1. The van der Waals surface area contributed by atoms with Gasteiger partial charge in [-0.2, -0.15) is 0 Å². The summed E-state index contributed by atoms with van der Waals surface area (Å²) in [7, 11) is 3.70. The summed E-state index contributed by atoms with van der Waals surface area (Å²) in [6, 6.07) is 1.97. The fraction of sp³-hybridized carbons (Fsp3) is 0.500. The van der Waals surface area contributed by atoms with E-state index in [1.165, 1.54) is 11.1 Å². The Labute approximate surface area is 186 Å². The predicted octanol–water partition coefficient (Wildman–Crippen LogP) is 5.55. The zero-order chi connectivity index (χ0) is 22.5. The summed E-state index contributed by atoms with van der Waals surface area (Å²) in [6.07, 6.45) is 8.28. The summed E-state index contributed by atoms with van der Waals surface area (Å²) in [5.41, 5.74) is 5.48. The molecule has 0 amide bonds. The minimum Gasteiger partial charge on any atom is -0.492 e. The van der Waals surface area contributed by atoms with Crippen molar-refractivity contribution in [3.63, 3.8) is 0 Å². The lowest BCUT2D eigenvalue weighted by Gasteiger charge is -2.35. The lowest BCUT2D eigenvalue weighted by atomic mass is 9.87. The van der Waals surface area contributed by atoms with Crippen LogP contribution in [-0.2, 0) is 11.2 Å². The summed E-state index contributed by atoms with van der Waals surface area (Å²) in [5, 5.41) is 0. The van der Waals surface area contributed by atoms with Crippen molar-refractivity contribution in [1.29, 1.82) is 0 Å². The van der Waals surface area contributed by atoms with Crippen LogP contribution >= 0.6 is 0 Å². The molecule has 1 aromatic carbocycles. The highest BCUT2D eigenvalue weighted by Gasteiger charge is 2.35. The van der Waals surface area contributed by atoms with Gasteiger partial charge >= 0.3 is 0 Å². The number of fused-ring (bicyclic) bond motifs is 2. The van der Waals surface area contributed by atoms with Crippen LogP contribution in [0.25, 0.3) is 0 Å². The average Bonchev–Trinajstić information content (AvgIpc) is 3.20. The maximum absolute atomic E-state index is 13.1. The quantitative estimate of drug-likeness (QED) is 0.383. The van der Waals surface area contributed by atoms with Gasteiger partial charge in [-0.1, -0.05) is 29.9 Å². The number of benzene rings is 1. The lowest BCUT2D eigenvalue weighted by molar-refractivity contribution is -0.116. The Morgan fingerprint density at radius 1 is 1.29 bits per heavy atom. The molecule has 3 rings (SSSR count). The first-order valence-electron chi connectivity index (χ1n) is 11.0. The zero-order valence-corrected chi connectivity index (χ0v) is 19.5. The molecule has 0 unspecified atom stereocenters. The third kappa shape index (κ3) is 5.40. The van der Waals surface area contributed by atoms with E-state index < -0.39 is 0 Å². The van der Waals surface area contributed by atoms with E-state index in [0.717, 1.165) is 42.7 Å². The number of nitrogens with zero attached hydrogens (tertiary/aromatic N) is 1. The van der Waals surface area contributed by atoms with Gasteiger partial charge in [-0.05, 0) is 70.7 Å². The zero-order valence-electron chi connectivity index (χ0n) is 19.5. The Balaban J connectivity index is 1.72. The highest BCUT2D eigenvalue weighted by molar-refractivity contribution is 5.95. The highest BCUT2D eigenvalue weighted by Crippen LogP contribution is 2.50. The van der Waals surface area contributed by atoms with Crippen LogP contribution in [0.2, 0.25) is 0 Å². The van der Waals surface area contributed by atoms with Crippen molar-refractivity contribution in [1.82, 2.24) is 4.90 Å². The molecule has 0 aliphatic carbocycles. The second kappa shape index (κ2) is 10.2. The van der Waals surface area contributed by atoms with Crippen LogP contribution in [-0.4, -0.2) is 38.2 Å². The predicted molar refractivity (Wildman–Crippen MR) is 124 cm³/mol. The van der Waals surface area contributed by atoms with Crippen molar-refractivity contribution >= 4 is 5.78 Å². The number of hydrogen-bond donors (Lipinski definition) is 0. The van der Waals surface area contributed by atoms with Crippen molar-refractivity contribution < 1.29 is 19.0 Å². The molecule has 2 aliphatic rings. The standard InChI is InChI=1S/C26H35NO4/c1-17(2)8-7-9-18(3)10-11-19(4)22(28)15-21-24-20(12-13-27(21)5)14-23-25(26(24)29-6)31-16-30-23/h8,10,14,21H,4,7,9,11-13,15-16H2,1-3,5-6H3/b18-10+/t21-/m1/s1. The maximum Gasteiger partial charge on any atom is 0.231 e. The molecule has 0 N–H and O–H groups in total. The van der Waals surface area contributed by atoms with Gasteiger partial charge in [-0.25, -0.2) is 0 Å². The molecule has 0 aromatic heterocycles. The van der Waals surface area contributed by atoms with Gasteiger partial charge in [-0.15, -0.1) is 0 Å². The third-order valence-electron chi connectivity index (χ3n) is 6.11. The fourth-order valence-corrected chi connectivity index (χ4v) is 4.20. The molecule has 5 heteroatoms. The Morgan fingerprint density at radius 3 is 2.77 bits per heavy atom.